The molecule has 0 saturated heterocycles. The molecule has 0 amide bonds. The second kappa shape index (κ2) is 12.7. The van der Waals surface area contributed by atoms with Crippen LogP contribution in [-0.4, -0.2) is 13.1 Å². The molecule has 0 aliphatic rings. The van der Waals surface area contributed by atoms with E-state index < -0.39 is 0 Å². The topological polar surface area (TPSA) is 38.8 Å². The van der Waals surface area contributed by atoms with Crippen LogP contribution in [0.25, 0.3) is 44.0 Å². The molecule has 0 saturated carbocycles. The van der Waals surface area contributed by atoms with Gasteiger partial charge in [-0.2, -0.15) is 0 Å². The minimum atomic E-state index is -0.342. The van der Waals surface area contributed by atoms with E-state index in [0.717, 1.165) is 45.1 Å². The lowest BCUT2D eigenvalue weighted by Gasteiger charge is -2.27. The molecule has 49 heavy (non-hydrogen) atoms. The maximum absolute atomic E-state index is 11.5. The summed E-state index contributed by atoms with van der Waals surface area (Å²) in [5.41, 5.74) is 7.43. The van der Waals surface area contributed by atoms with Crippen LogP contribution < -0.4 is 14.4 Å². The number of methoxy groups -OCH3 is 1. The number of esters is 1. The minimum absolute atomic E-state index is 0.342. The molecule has 0 radical (unpaired) electrons. The molecule has 8 aromatic carbocycles. The average Bonchev–Trinajstić information content (AvgIpc) is 3.15. The second-order valence-electron chi connectivity index (χ2n) is 12.1. The number of carbonyl (C=O) groups is 1. The predicted molar refractivity (Wildman–Crippen MR) is 203 cm³/mol. The Bertz CT molecular complexity index is 2430. The van der Waals surface area contributed by atoms with Crippen molar-refractivity contribution in [1.29, 1.82) is 0 Å². The lowest BCUT2D eigenvalue weighted by Crippen LogP contribution is -2.10. The van der Waals surface area contributed by atoms with Crippen LogP contribution in [0.3, 0.4) is 0 Å². The Hall–Kier alpha value is -6.39. The first-order valence-corrected chi connectivity index (χ1v) is 16.3. The van der Waals surface area contributed by atoms with E-state index in [1.54, 1.807) is 7.11 Å². The normalized spacial score (nSPS) is 11.7. The smallest absolute Gasteiger partial charge is 0.308 e. The average molecular weight is 636 g/mol. The van der Waals surface area contributed by atoms with Gasteiger partial charge in [0.25, 0.3) is 0 Å². The zero-order valence-electron chi connectivity index (χ0n) is 27.3. The van der Waals surface area contributed by atoms with Gasteiger partial charge in [-0.3, -0.25) is 4.79 Å². The van der Waals surface area contributed by atoms with Gasteiger partial charge in [-0.15, -0.1) is 0 Å². The molecule has 8 rings (SSSR count). The third kappa shape index (κ3) is 5.74. The first-order chi connectivity index (χ1) is 24.1. The highest BCUT2D eigenvalue weighted by Gasteiger charge is 2.18. The van der Waals surface area contributed by atoms with Gasteiger partial charge in [0.2, 0.25) is 0 Å². The number of carbonyl (C=O) groups excluding carboxylic acids is 1. The fourth-order valence-corrected chi connectivity index (χ4v) is 6.78. The molecule has 0 unspecified atom stereocenters. The highest BCUT2D eigenvalue weighted by atomic mass is 16.5. The summed E-state index contributed by atoms with van der Waals surface area (Å²) >= 11 is 0. The summed E-state index contributed by atoms with van der Waals surface area (Å²) in [5, 5.41) is 7.56. The zero-order valence-corrected chi connectivity index (χ0v) is 27.3. The van der Waals surface area contributed by atoms with Crippen LogP contribution in [0, 0.1) is 0 Å². The number of benzene rings is 8. The number of hydrogen-bond donors (Lipinski definition) is 0. The molecular formula is C45H33NO3. The molecule has 0 aliphatic heterocycles. The van der Waals surface area contributed by atoms with Gasteiger partial charge in [0.1, 0.15) is 11.5 Å². The van der Waals surface area contributed by atoms with Gasteiger partial charge in [-0.05, 0) is 110 Å². The molecule has 0 aliphatic carbocycles. The highest BCUT2D eigenvalue weighted by Crippen LogP contribution is 2.44. The largest absolute Gasteiger partial charge is 0.497 e. The van der Waals surface area contributed by atoms with E-state index in [9.17, 15) is 4.79 Å². The van der Waals surface area contributed by atoms with Crippen molar-refractivity contribution in [2.24, 2.45) is 0 Å². The maximum atomic E-state index is 11.5. The standard InChI is InChI=1S/C45H33NO3/c1-30(47)49-40-25-17-33(18-26-40)42(32-15-23-39(48-2)24-16-32)29-31-11-21-38(22-12-31)46(37-9-4-3-5-10-37)43-28-20-36-14-13-34-7-6-8-35-19-27-41(43)45(36)44(34)35/h3-29H,1-2H3. The number of rotatable bonds is 8. The molecule has 0 atom stereocenters. The minimum Gasteiger partial charge on any atom is -0.497 e. The summed E-state index contributed by atoms with van der Waals surface area (Å²) < 4.78 is 10.7. The molecule has 4 nitrogen and oxygen atoms in total. The van der Waals surface area contributed by atoms with Crippen molar-refractivity contribution in [2.45, 2.75) is 6.92 Å². The van der Waals surface area contributed by atoms with E-state index in [1.807, 2.05) is 36.4 Å². The first-order valence-electron chi connectivity index (χ1n) is 16.3. The number of hydrogen-bond acceptors (Lipinski definition) is 4. The quantitative estimate of drug-likeness (QED) is 0.0721. The van der Waals surface area contributed by atoms with Crippen molar-refractivity contribution in [3.05, 3.63) is 174 Å². The van der Waals surface area contributed by atoms with Crippen LogP contribution in [0.5, 0.6) is 11.5 Å². The molecule has 236 valence electrons. The van der Waals surface area contributed by atoms with Crippen molar-refractivity contribution in [3.63, 3.8) is 0 Å². The van der Waals surface area contributed by atoms with Gasteiger partial charge >= 0.3 is 5.97 Å². The van der Waals surface area contributed by atoms with Gasteiger partial charge in [-0.25, -0.2) is 0 Å². The Morgan fingerprint density at radius 3 is 1.76 bits per heavy atom. The molecule has 0 fully saturated rings. The SMILES string of the molecule is COc1ccc(C(=Cc2ccc(N(c3ccccc3)c3ccc4ccc5cccc6ccc3c4c56)cc2)c2ccc(OC(C)=O)cc2)cc1. The molecule has 4 heteroatoms. The summed E-state index contributed by atoms with van der Waals surface area (Å²) in [6, 6.07) is 54.9. The van der Waals surface area contributed by atoms with Gasteiger partial charge in [0.15, 0.2) is 0 Å². The Morgan fingerprint density at radius 2 is 1.12 bits per heavy atom. The van der Waals surface area contributed by atoms with E-state index in [-0.39, 0.29) is 5.97 Å². The van der Waals surface area contributed by atoms with E-state index >= 15 is 0 Å². The molecule has 8 aromatic rings. The molecule has 0 bridgehead atoms. The van der Waals surface area contributed by atoms with E-state index in [0.29, 0.717) is 5.75 Å². The third-order valence-electron chi connectivity index (χ3n) is 9.05. The molecule has 0 spiro atoms. The number of ether oxygens (including phenoxy) is 2. The van der Waals surface area contributed by atoms with Crippen molar-refractivity contribution in [3.8, 4) is 11.5 Å². The Morgan fingerprint density at radius 1 is 0.551 bits per heavy atom. The van der Waals surface area contributed by atoms with Crippen molar-refractivity contribution >= 4 is 67.0 Å². The van der Waals surface area contributed by atoms with Crippen LogP contribution in [0.2, 0.25) is 0 Å². The summed E-state index contributed by atoms with van der Waals surface area (Å²) in [6.07, 6.45) is 2.19. The first kappa shape index (κ1) is 30.0. The van der Waals surface area contributed by atoms with Crippen LogP contribution in [-0.2, 0) is 4.79 Å². The molecular weight excluding hydrogens is 602 g/mol. The van der Waals surface area contributed by atoms with Crippen LogP contribution in [0.15, 0.2) is 158 Å². The predicted octanol–water partition coefficient (Wildman–Crippen LogP) is 11.6. The van der Waals surface area contributed by atoms with E-state index in [1.165, 1.54) is 39.2 Å². The van der Waals surface area contributed by atoms with Gasteiger partial charge < -0.3 is 14.4 Å². The summed E-state index contributed by atoms with van der Waals surface area (Å²) in [7, 11) is 1.67. The van der Waals surface area contributed by atoms with E-state index in [4.69, 9.17) is 9.47 Å². The van der Waals surface area contributed by atoms with Crippen molar-refractivity contribution in [2.75, 3.05) is 12.0 Å². The van der Waals surface area contributed by atoms with Crippen molar-refractivity contribution < 1.29 is 14.3 Å². The Labute approximate surface area is 285 Å². The zero-order chi connectivity index (χ0) is 33.3. The maximum Gasteiger partial charge on any atom is 0.308 e. The summed E-state index contributed by atoms with van der Waals surface area (Å²) in [4.78, 5) is 13.9. The third-order valence-corrected chi connectivity index (χ3v) is 9.05. The fraction of sp³-hybridized carbons (Fsp3) is 0.0444. The Kier molecular flexibility index (Phi) is 7.75. The summed E-state index contributed by atoms with van der Waals surface area (Å²) in [6.45, 7) is 1.41. The van der Waals surface area contributed by atoms with Gasteiger partial charge in [0, 0.05) is 23.7 Å². The van der Waals surface area contributed by atoms with Gasteiger partial charge in [0.05, 0.1) is 12.8 Å². The van der Waals surface area contributed by atoms with Gasteiger partial charge in [-0.1, -0.05) is 103 Å². The number of para-hydroxylation sites is 1. The monoisotopic (exact) mass is 635 g/mol. The van der Waals surface area contributed by atoms with Crippen molar-refractivity contribution in [1.82, 2.24) is 0 Å². The van der Waals surface area contributed by atoms with Crippen LogP contribution in [0.4, 0.5) is 17.1 Å². The lowest BCUT2D eigenvalue weighted by molar-refractivity contribution is -0.131. The number of nitrogens with zero attached hydrogens (tertiary/aromatic N) is 1. The molecule has 0 N–H and O–H groups in total. The van der Waals surface area contributed by atoms with E-state index in [2.05, 4.69) is 132 Å². The fourth-order valence-electron chi connectivity index (χ4n) is 6.78. The molecule has 0 aromatic heterocycles. The highest BCUT2D eigenvalue weighted by molar-refractivity contribution is 6.25. The lowest BCUT2D eigenvalue weighted by atomic mass is 9.93. The summed E-state index contributed by atoms with van der Waals surface area (Å²) in [5.74, 6) is 0.971. The second-order valence-corrected chi connectivity index (χ2v) is 12.1. The van der Waals surface area contributed by atoms with Crippen LogP contribution >= 0.6 is 0 Å². The number of anilines is 3. The van der Waals surface area contributed by atoms with Crippen LogP contribution in [0.1, 0.15) is 23.6 Å². The molecule has 0 heterocycles. The Balaban J connectivity index is 1.23.